The van der Waals surface area contributed by atoms with E-state index in [4.69, 9.17) is 14.3 Å². The van der Waals surface area contributed by atoms with Gasteiger partial charge in [-0.15, -0.1) is 0 Å². The van der Waals surface area contributed by atoms with Gasteiger partial charge in [0.2, 0.25) is 0 Å². The Morgan fingerprint density at radius 3 is 1.48 bits per heavy atom. The molecule has 5 nitrogen and oxygen atoms in total. The summed E-state index contributed by atoms with van der Waals surface area (Å²) in [5, 5.41) is 8.62. The molecule has 0 amide bonds. The van der Waals surface area contributed by atoms with Crippen molar-refractivity contribution in [2.45, 2.75) is 18.8 Å². The fourth-order valence-electron chi connectivity index (χ4n) is 2.19. The molecule has 12 heteroatoms. The number of nitrogens with one attached hydrogen (secondary N) is 1. The second kappa shape index (κ2) is 9.06. The monoisotopic (exact) mass is 443 g/mol. The van der Waals surface area contributed by atoms with Crippen molar-refractivity contribution in [1.29, 1.82) is 0 Å². The van der Waals surface area contributed by atoms with Crippen molar-refractivity contribution < 1.29 is 45.2 Å². The van der Waals surface area contributed by atoms with Crippen LogP contribution in [0.3, 0.4) is 0 Å². The Bertz CT molecular complexity index is 773. The van der Waals surface area contributed by atoms with E-state index in [1.165, 1.54) is 0 Å². The summed E-state index contributed by atoms with van der Waals surface area (Å²) in [6.45, 7) is 0.0106. The highest BCUT2D eigenvalue weighted by atomic mass is 31.2. The largest absolute Gasteiger partial charge is 0.430 e. The SMILES string of the molecule is O=P(CCCNO)(Oc1ccc(C(F)(F)F)cc1)Oc1ccc(C(F)(F)F)cc1. The van der Waals surface area contributed by atoms with Crippen LogP contribution in [0.2, 0.25) is 0 Å². The zero-order valence-corrected chi connectivity index (χ0v) is 15.5. The van der Waals surface area contributed by atoms with Gasteiger partial charge >= 0.3 is 19.9 Å². The Labute approximate surface area is 161 Å². The Balaban J connectivity index is 2.20. The molecule has 0 aliphatic carbocycles. The van der Waals surface area contributed by atoms with Crippen LogP contribution in [-0.2, 0) is 16.9 Å². The minimum absolute atomic E-state index is 0.0106. The van der Waals surface area contributed by atoms with Crippen LogP contribution < -0.4 is 14.5 Å². The van der Waals surface area contributed by atoms with Gasteiger partial charge in [0.05, 0.1) is 17.3 Å². The van der Waals surface area contributed by atoms with E-state index in [1.807, 2.05) is 5.48 Å². The number of benzene rings is 2. The van der Waals surface area contributed by atoms with E-state index in [1.54, 1.807) is 0 Å². The van der Waals surface area contributed by atoms with Gasteiger partial charge < -0.3 is 14.3 Å². The Morgan fingerprint density at radius 2 is 1.17 bits per heavy atom. The van der Waals surface area contributed by atoms with Gasteiger partial charge in [-0.25, -0.2) is 10.0 Å². The molecular weight excluding hydrogens is 427 g/mol. The topological polar surface area (TPSA) is 67.8 Å². The average Bonchev–Trinajstić information content (AvgIpc) is 2.61. The van der Waals surface area contributed by atoms with Gasteiger partial charge in [-0.3, -0.25) is 0 Å². The summed E-state index contributed by atoms with van der Waals surface area (Å²) in [5.74, 6) is -0.351. The molecule has 0 aromatic heterocycles. The van der Waals surface area contributed by atoms with Gasteiger partial charge in [-0.05, 0) is 55.0 Å². The first-order chi connectivity index (χ1) is 13.4. The number of hydrogen-bond acceptors (Lipinski definition) is 5. The Kier molecular flexibility index (Phi) is 7.20. The third kappa shape index (κ3) is 6.95. The van der Waals surface area contributed by atoms with Gasteiger partial charge in [-0.1, -0.05) is 0 Å². The Morgan fingerprint density at radius 1 is 0.793 bits per heavy atom. The minimum Gasteiger partial charge on any atom is -0.416 e. The predicted octanol–water partition coefficient (Wildman–Crippen LogP) is 5.74. The quantitative estimate of drug-likeness (QED) is 0.236. The van der Waals surface area contributed by atoms with Crippen LogP contribution in [0.15, 0.2) is 48.5 Å². The molecule has 160 valence electrons. The third-order valence-electron chi connectivity index (χ3n) is 3.57. The maximum atomic E-state index is 13.0. The zero-order valence-electron chi connectivity index (χ0n) is 14.6. The van der Waals surface area contributed by atoms with Crippen LogP contribution in [0.5, 0.6) is 11.5 Å². The number of alkyl halides is 6. The van der Waals surface area contributed by atoms with Crippen molar-refractivity contribution in [3.05, 3.63) is 59.7 Å². The molecule has 0 aliphatic heterocycles. The van der Waals surface area contributed by atoms with Crippen molar-refractivity contribution in [3.8, 4) is 11.5 Å². The van der Waals surface area contributed by atoms with Crippen molar-refractivity contribution in [2.75, 3.05) is 12.7 Å². The number of hydroxylamine groups is 1. The van der Waals surface area contributed by atoms with Crippen LogP contribution in [-0.4, -0.2) is 17.9 Å². The highest BCUT2D eigenvalue weighted by Gasteiger charge is 2.33. The van der Waals surface area contributed by atoms with E-state index in [-0.39, 0.29) is 30.6 Å². The molecule has 2 aromatic carbocycles. The van der Waals surface area contributed by atoms with E-state index < -0.39 is 31.1 Å². The van der Waals surface area contributed by atoms with Gasteiger partial charge in [0, 0.05) is 6.54 Å². The van der Waals surface area contributed by atoms with E-state index in [0.29, 0.717) is 0 Å². The van der Waals surface area contributed by atoms with E-state index in [2.05, 4.69) is 0 Å². The maximum Gasteiger partial charge on any atom is 0.430 e. The molecule has 2 N–H and O–H groups in total. The van der Waals surface area contributed by atoms with Crippen LogP contribution in [0.4, 0.5) is 26.3 Å². The summed E-state index contributed by atoms with van der Waals surface area (Å²) in [5.41, 5.74) is -0.0405. The lowest BCUT2D eigenvalue weighted by molar-refractivity contribution is -0.138. The molecule has 0 bridgehead atoms. The average molecular weight is 443 g/mol. The maximum absolute atomic E-state index is 13.0. The van der Waals surface area contributed by atoms with E-state index in [0.717, 1.165) is 48.5 Å². The summed E-state index contributed by atoms with van der Waals surface area (Å²) >= 11 is 0. The van der Waals surface area contributed by atoms with Crippen LogP contribution in [0, 0.1) is 0 Å². The summed E-state index contributed by atoms with van der Waals surface area (Å²) < 4.78 is 99.3. The fraction of sp³-hybridized carbons (Fsp3) is 0.294. The lowest BCUT2D eigenvalue weighted by Crippen LogP contribution is -2.13. The second-order valence-corrected chi connectivity index (χ2v) is 7.86. The zero-order chi connectivity index (χ0) is 21.7. The molecule has 0 saturated heterocycles. The molecular formula is C17H16F6NO4P. The summed E-state index contributed by atoms with van der Waals surface area (Å²) in [6, 6.07) is 6.73. The lowest BCUT2D eigenvalue weighted by atomic mass is 10.2. The molecule has 0 atom stereocenters. The molecule has 2 aromatic rings. The molecule has 0 radical (unpaired) electrons. The van der Waals surface area contributed by atoms with Gasteiger partial charge in [0.1, 0.15) is 11.5 Å². The van der Waals surface area contributed by atoms with Crippen LogP contribution in [0.1, 0.15) is 17.5 Å². The number of rotatable bonds is 8. The third-order valence-corrected chi connectivity index (χ3v) is 5.41. The number of hydrogen-bond donors (Lipinski definition) is 2. The van der Waals surface area contributed by atoms with Gasteiger partial charge in [-0.2, -0.15) is 26.3 Å². The molecule has 0 spiro atoms. The number of halogens is 6. The van der Waals surface area contributed by atoms with Crippen LogP contribution in [0.25, 0.3) is 0 Å². The van der Waals surface area contributed by atoms with Crippen molar-refractivity contribution >= 4 is 7.60 Å². The van der Waals surface area contributed by atoms with E-state index in [9.17, 15) is 30.9 Å². The summed E-state index contributed by atoms with van der Waals surface area (Å²) in [7, 11) is -4.02. The van der Waals surface area contributed by atoms with Gasteiger partial charge in [0.15, 0.2) is 0 Å². The van der Waals surface area contributed by atoms with Crippen molar-refractivity contribution in [3.63, 3.8) is 0 Å². The highest BCUT2D eigenvalue weighted by molar-refractivity contribution is 7.54. The van der Waals surface area contributed by atoms with Crippen LogP contribution >= 0.6 is 7.60 Å². The normalized spacial score (nSPS) is 12.7. The molecule has 0 fully saturated rings. The standard InChI is InChI=1S/C17H16F6NO4P/c18-16(19,20)12-2-6-14(7-3-12)27-29(26,11-1-10-24-25)28-15-8-4-13(5-9-15)17(21,22)23/h2-9,24-25H,1,10-11H2. The summed E-state index contributed by atoms with van der Waals surface area (Å²) in [4.78, 5) is 0. The predicted molar refractivity (Wildman–Crippen MR) is 91.0 cm³/mol. The summed E-state index contributed by atoms with van der Waals surface area (Å²) in [6.07, 6.45) is -9.30. The first kappa shape index (κ1) is 23.1. The molecule has 0 heterocycles. The first-order valence-electron chi connectivity index (χ1n) is 8.13. The van der Waals surface area contributed by atoms with E-state index >= 15 is 0 Å². The molecule has 2 rings (SSSR count). The molecule has 0 aliphatic rings. The van der Waals surface area contributed by atoms with Crippen molar-refractivity contribution in [1.82, 2.24) is 5.48 Å². The molecule has 0 unspecified atom stereocenters. The first-order valence-corrected chi connectivity index (χ1v) is 9.85. The van der Waals surface area contributed by atoms with Gasteiger partial charge in [0.25, 0.3) is 0 Å². The Hall–Kier alpha value is -2.23. The highest BCUT2D eigenvalue weighted by Crippen LogP contribution is 2.49. The second-order valence-electron chi connectivity index (χ2n) is 5.82. The fourth-order valence-corrected chi connectivity index (χ4v) is 3.84. The van der Waals surface area contributed by atoms with Crippen molar-refractivity contribution in [2.24, 2.45) is 0 Å². The smallest absolute Gasteiger partial charge is 0.416 e. The molecule has 0 saturated carbocycles. The minimum atomic E-state index is -4.56. The lowest BCUT2D eigenvalue weighted by Gasteiger charge is -2.20. The molecule has 29 heavy (non-hydrogen) atoms.